The average Bonchev–Trinajstić information content (AvgIpc) is 2.38. The maximum atomic E-state index is 10.3. The molecule has 0 atom stereocenters. The molecule has 1 N–H and O–H groups in total. The smallest absolute Gasteiger partial charge is 0.0690 e. The summed E-state index contributed by atoms with van der Waals surface area (Å²) in [6.45, 7) is 1.82. The predicted octanol–water partition coefficient (Wildman–Crippen LogP) is 2.43. The van der Waals surface area contributed by atoms with Gasteiger partial charge in [0.15, 0.2) is 0 Å². The van der Waals surface area contributed by atoms with Crippen LogP contribution in [0.4, 0.5) is 5.69 Å². The maximum Gasteiger partial charge on any atom is 0.0690 e. The lowest BCUT2D eigenvalue weighted by Crippen LogP contribution is -2.44. The predicted molar refractivity (Wildman–Crippen MR) is 70.9 cm³/mol. The van der Waals surface area contributed by atoms with E-state index in [0.717, 1.165) is 32.4 Å². The highest BCUT2D eigenvalue weighted by Crippen LogP contribution is 2.29. The fourth-order valence-corrected chi connectivity index (χ4v) is 2.37. The summed E-state index contributed by atoms with van der Waals surface area (Å²) in [5.74, 6) is 2.61. The number of para-hydroxylation sites is 1. The SMILES string of the molecule is C#CCCC1(O)CCN(c2ccccc2)CC1. The summed E-state index contributed by atoms with van der Waals surface area (Å²) >= 11 is 0. The zero-order chi connectivity index (χ0) is 12.1. The second-order valence-electron chi connectivity index (χ2n) is 4.75. The van der Waals surface area contributed by atoms with Gasteiger partial charge in [-0.05, 0) is 31.4 Å². The van der Waals surface area contributed by atoms with Crippen LogP contribution in [0.3, 0.4) is 0 Å². The van der Waals surface area contributed by atoms with Gasteiger partial charge in [-0.3, -0.25) is 0 Å². The quantitative estimate of drug-likeness (QED) is 0.805. The van der Waals surface area contributed by atoms with Gasteiger partial charge in [0.1, 0.15) is 0 Å². The van der Waals surface area contributed by atoms with Crippen LogP contribution in [0, 0.1) is 12.3 Å². The lowest BCUT2D eigenvalue weighted by molar-refractivity contribution is 0.00941. The number of nitrogens with zero attached hydrogens (tertiary/aromatic N) is 1. The van der Waals surface area contributed by atoms with E-state index in [1.54, 1.807) is 0 Å². The molecule has 2 nitrogen and oxygen atoms in total. The monoisotopic (exact) mass is 229 g/mol. The fourth-order valence-electron chi connectivity index (χ4n) is 2.37. The third-order valence-corrected chi connectivity index (χ3v) is 3.55. The molecule has 0 aliphatic carbocycles. The van der Waals surface area contributed by atoms with E-state index >= 15 is 0 Å². The van der Waals surface area contributed by atoms with Crippen LogP contribution in [0.2, 0.25) is 0 Å². The Bertz CT molecular complexity index is 385. The Labute approximate surface area is 103 Å². The van der Waals surface area contributed by atoms with Crippen LogP contribution in [0.1, 0.15) is 25.7 Å². The highest BCUT2D eigenvalue weighted by atomic mass is 16.3. The first-order chi connectivity index (χ1) is 8.23. The lowest BCUT2D eigenvalue weighted by atomic mass is 9.87. The number of rotatable bonds is 3. The van der Waals surface area contributed by atoms with Crippen molar-refractivity contribution in [3.8, 4) is 12.3 Å². The fraction of sp³-hybridized carbons (Fsp3) is 0.467. The Hall–Kier alpha value is -1.46. The van der Waals surface area contributed by atoms with Gasteiger partial charge in [-0.25, -0.2) is 0 Å². The van der Waals surface area contributed by atoms with Crippen LogP contribution in [-0.2, 0) is 0 Å². The third kappa shape index (κ3) is 3.01. The molecule has 2 rings (SSSR count). The summed E-state index contributed by atoms with van der Waals surface area (Å²) in [7, 11) is 0. The summed E-state index contributed by atoms with van der Waals surface area (Å²) in [5, 5.41) is 10.3. The molecule has 2 heteroatoms. The Balaban J connectivity index is 1.92. The molecule has 1 aromatic rings. The molecule has 0 bridgehead atoms. The molecule has 90 valence electrons. The summed E-state index contributed by atoms with van der Waals surface area (Å²) in [6, 6.07) is 10.4. The minimum absolute atomic E-state index is 0.544. The molecular formula is C15H19NO. The molecule has 0 unspecified atom stereocenters. The van der Waals surface area contributed by atoms with Crippen molar-refractivity contribution in [2.24, 2.45) is 0 Å². The van der Waals surface area contributed by atoms with Gasteiger partial charge in [-0.15, -0.1) is 12.3 Å². The van der Waals surface area contributed by atoms with Crippen molar-refractivity contribution < 1.29 is 5.11 Å². The van der Waals surface area contributed by atoms with Gasteiger partial charge in [-0.2, -0.15) is 0 Å². The van der Waals surface area contributed by atoms with Crippen LogP contribution >= 0.6 is 0 Å². The lowest BCUT2D eigenvalue weighted by Gasteiger charge is -2.39. The van der Waals surface area contributed by atoms with E-state index in [-0.39, 0.29) is 0 Å². The van der Waals surface area contributed by atoms with Crippen LogP contribution in [0.25, 0.3) is 0 Å². The van der Waals surface area contributed by atoms with Gasteiger partial charge < -0.3 is 10.0 Å². The van der Waals surface area contributed by atoms with E-state index in [9.17, 15) is 5.11 Å². The van der Waals surface area contributed by atoms with Crippen LogP contribution in [-0.4, -0.2) is 23.8 Å². The maximum absolute atomic E-state index is 10.3. The molecule has 1 heterocycles. The van der Waals surface area contributed by atoms with Crippen molar-refractivity contribution in [3.05, 3.63) is 30.3 Å². The first-order valence-corrected chi connectivity index (χ1v) is 6.19. The summed E-state index contributed by atoms with van der Waals surface area (Å²) in [4.78, 5) is 2.32. The zero-order valence-corrected chi connectivity index (χ0v) is 10.1. The normalized spacial score (nSPS) is 18.7. The Morgan fingerprint density at radius 2 is 1.88 bits per heavy atom. The van der Waals surface area contributed by atoms with Crippen molar-refractivity contribution >= 4 is 5.69 Å². The number of aliphatic hydroxyl groups is 1. The van der Waals surface area contributed by atoms with Crippen molar-refractivity contribution in [3.63, 3.8) is 0 Å². The van der Waals surface area contributed by atoms with Gasteiger partial charge in [0.25, 0.3) is 0 Å². The molecule has 1 aromatic carbocycles. The van der Waals surface area contributed by atoms with E-state index in [1.165, 1.54) is 5.69 Å². The largest absolute Gasteiger partial charge is 0.390 e. The number of hydrogen-bond donors (Lipinski definition) is 1. The second-order valence-corrected chi connectivity index (χ2v) is 4.75. The van der Waals surface area contributed by atoms with E-state index in [4.69, 9.17) is 6.42 Å². The molecule has 0 aromatic heterocycles. The summed E-state index contributed by atoms with van der Waals surface area (Å²) in [5.41, 5.74) is 0.698. The van der Waals surface area contributed by atoms with E-state index in [1.807, 2.05) is 6.07 Å². The van der Waals surface area contributed by atoms with Crippen LogP contribution in [0.15, 0.2) is 30.3 Å². The van der Waals surface area contributed by atoms with Gasteiger partial charge in [0.2, 0.25) is 0 Å². The first-order valence-electron chi connectivity index (χ1n) is 6.19. The molecule has 0 spiro atoms. The average molecular weight is 229 g/mol. The molecule has 1 fully saturated rings. The molecule has 1 aliphatic heterocycles. The summed E-state index contributed by atoms with van der Waals surface area (Å²) in [6.07, 6.45) is 8.27. The molecule has 0 radical (unpaired) electrons. The van der Waals surface area contributed by atoms with Crippen LogP contribution in [0.5, 0.6) is 0 Å². The number of anilines is 1. The minimum Gasteiger partial charge on any atom is -0.390 e. The van der Waals surface area contributed by atoms with Gasteiger partial charge in [0, 0.05) is 25.2 Å². The van der Waals surface area contributed by atoms with E-state index in [2.05, 4.69) is 35.1 Å². The summed E-state index contributed by atoms with van der Waals surface area (Å²) < 4.78 is 0. The van der Waals surface area contributed by atoms with Crippen molar-refractivity contribution in [1.29, 1.82) is 0 Å². The topological polar surface area (TPSA) is 23.5 Å². The molecule has 1 saturated heterocycles. The first kappa shape index (κ1) is 12.0. The minimum atomic E-state index is -0.544. The Morgan fingerprint density at radius 1 is 1.24 bits per heavy atom. The standard InChI is InChI=1S/C15H19NO/c1-2-3-9-15(17)10-12-16(13-11-15)14-7-5-4-6-8-14/h1,4-8,17H,3,9-13H2. The molecular weight excluding hydrogens is 210 g/mol. The zero-order valence-electron chi connectivity index (χ0n) is 10.1. The Morgan fingerprint density at radius 3 is 2.47 bits per heavy atom. The van der Waals surface area contributed by atoms with E-state index < -0.39 is 5.60 Å². The number of benzene rings is 1. The highest BCUT2D eigenvalue weighted by molar-refractivity contribution is 5.46. The Kier molecular flexibility index (Phi) is 3.71. The second kappa shape index (κ2) is 5.25. The van der Waals surface area contributed by atoms with Crippen molar-refractivity contribution in [2.75, 3.05) is 18.0 Å². The third-order valence-electron chi connectivity index (χ3n) is 3.55. The molecule has 0 saturated carbocycles. The van der Waals surface area contributed by atoms with Gasteiger partial charge >= 0.3 is 0 Å². The number of terminal acetylenes is 1. The number of piperidine rings is 1. The highest BCUT2D eigenvalue weighted by Gasteiger charge is 2.31. The van der Waals surface area contributed by atoms with Gasteiger partial charge in [-0.1, -0.05) is 18.2 Å². The van der Waals surface area contributed by atoms with E-state index in [0.29, 0.717) is 6.42 Å². The van der Waals surface area contributed by atoms with Crippen LogP contribution < -0.4 is 4.90 Å². The van der Waals surface area contributed by atoms with Crippen molar-refractivity contribution in [1.82, 2.24) is 0 Å². The van der Waals surface area contributed by atoms with Crippen molar-refractivity contribution in [2.45, 2.75) is 31.3 Å². The van der Waals surface area contributed by atoms with Gasteiger partial charge in [0.05, 0.1) is 5.60 Å². The molecule has 17 heavy (non-hydrogen) atoms. The molecule has 1 aliphatic rings. The number of hydrogen-bond acceptors (Lipinski definition) is 2. The molecule has 0 amide bonds.